The van der Waals surface area contributed by atoms with Crippen molar-refractivity contribution in [2.45, 2.75) is 32.9 Å². The molecule has 11 heteroatoms. The van der Waals surface area contributed by atoms with Gasteiger partial charge in [-0.25, -0.2) is 14.6 Å². The molecule has 0 atom stereocenters. The lowest BCUT2D eigenvalue weighted by molar-refractivity contribution is -0.125. The van der Waals surface area contributed by atoms with E-state index in [-0.39, 0.29) is 30.5 Å². The first-order valence-electron chi connectivity index (χ1n) is 8.48. The fraction of sp³-hybridized carbons (Fsp3) is 0.471. The van der Waals surface area contributed by atoms with Gasteiger partial charge in [0.15, 0.2) is 0 Å². The standard InChI is InChI=1S/C17H20N4O6S/c1-8-10-12(22)18-9(7-21-16(25)20-15(24)17(21,2)3)19-13(10)28-11(8)14(23)27-6-5-26-4/h5-7H2,1-4H3,(H,18,19,22)(H,20,24,25). The molecule has 0 aliphatic carbocycles. The molecule has 10 nitrogen and oxygen atoms in total. The Bertz CT molecular complexity index is 1020. The van der Waals surface area contributed by atoms with Crippen LogP contribution >= 0.6 is 11.3 Å². The first-order chi connectivity index (χ1) is 13.2. The maximum atomic E-state index is 12.6. The van der Waals surface area contributed by atoms with Gasteiger partial charge in [0, 0.05) is 7.11 Å². The quantitative estimate of drug-likeness (QED) is 0.413. The summed E-state index contributed by atoms with van der Waals surface area (Å²) in [6.45, 7) is 5.18. The smallest absolute Gasteiger partial charge is 0.348 e. The van der Waals surface area contributed by atoms with Crippen LogP contribution in [-0.2, 0) is 20.8 Å². The summed E-state index contributed by atoms with van der Waals surface area (Å²) in [5, 5.41) is 2.54. The summed E-state index contributed by atoms with van der Waals surface area (Å²) >= 11 is 1.05. The second-order valence-electron chi connectivity index (χ2n) is 6.78. The molecule has 3 rings (SSSR count). The van der Waals surface area contributed by atoms with Gasteiger partial charge in [-0.1, -0.05) is 0 Å². The van der Waals surface area contributed by atoms with Crippen LogP contribution < -0.4 is 10.9 Å². The molecule has 0 aromatic carbocycles. The Kier molecular flexibility index (Phi) is 5.22. The second kappa shape index (κ2) is 7.32. The average molecular weight is 408 g/mol. The molecule has 3 amide bonds. The van der Waals surface area contributed by atoms with Crippen LogP contribution in [0.1, 0.15) is 34.9 Å². The largest absolute Gasteiger partial charge is 0.459 e. The fourth-order valence-corrected chi connectivity index (χ4v) is 3.95. The zero-order valence-corrected chi connectivity index (χ0v) is 16.7. The van der Waals surface area contributed by atoms with Crippen molar-refractivity contribution in [2.24, 2.45) is 0 Å². The number of methoxy groups -OCH3 is 1. The molecule has 0 bridgehead atoms. The van der Waals surface area contributed by atoms with E-state index in [2.05, 4.69) is 15.3 Å². The minimum absolute atomic E-state index is 0.0552. The molecule has 1 fully saturated rings. The van der Waals surface area contributed by atoms with E-state index < -0.39 is 29.0 Å². The van der Waals surface area contributed by atoms with Crippen LogP contribution in [0.15, 0.2) is 4.79 Å². The minimum Gasteiger partial charge on any atom is -0.459 e. The highest BCUT2D eigenvalue weighted by Crippen LogP contribution is 2.28. The molecular weight excluding hydrogens is 388 g/mol. The Labute approximate surface area is 163 Å². The van der Waals surface area contributed by atoms with Gasteiger partial charge in [-0.3, -0.25) is 14.9 Å². The lowest BCUT2D eigenvalue weighted by atomic mass is 10.0. The number of rotatable bonds is 6. The van der Waals surface area contributed by atoms with Crippen molar-refractivity contribution in [1.82, 2.24) is 20.2 Å². The molecule has 0 radical (unpaired) electrons. The zero-order chi connectivity index (χ0) is 20.6. The van der Waals surface area contributed by atoms with E-state index in [4.69, 9.17) is 9.47 Å². The number of esters is 1. The SMILES string of the molecule is COCCOC(=O)c1sc2nc(CN3C(=O)NC(=O)C3(C)C)[nH]c(=O)c2c1C. The van der Waals surface area contributed by atoms with Crippen LogP contribution in [0, 0.1) is 6.92 Å². The molecule has 0 saturated carbocycles. The number of aromatic nitrogens is 2. The third-order valence-corrected chi connectivity index (χ3v) is 5.73. The van der Waals surface area contributed by atoms with Gasteiger partial charge in [-0.05, 0) is 26.3 Å². The van der Waals surface area contributed by atoms with Gasteiger partial charge in [0.05, 0.1) is 18.5 Å². The summed E-state index contributed by atoms with van der Waals surface area (Å²) in [4.78, 5) is 57.7. The van der Waals surface area contributed by atoms with Gasteiger partial charge >= 0.3 is 12.0 Å². The van der Waals surface area contributed by atoms with E-state index >= 15 is 0 Å². The van der Waals surface area contributed by atoms with E-state index in [0.717, 1.165) is 11.3 Å². The van der Waals surface area contributed by atoms with Crippen LogP contribution in [0.4, 0.5) is 4.79 Å². The van der Waals surface area contributed by atoms with Gasteiger partial charge < -0.3 is 19.4 Å². The van der Waals surface area contributed by atoms with Crippen LogP contribution in [0.2, 0.25) is 0 Å². The zero-order valence-electron chi connectivity index (χ0n) is 15.9. The fourth-order valence-electron chi connectivity index (χ4n) is 2.85. The van der Waals surface area contributed by atoms with Gasteiger partial charge in [0.1, 0.15) is 27.7 Å². The summed E-state index contributed by atoms with van der Waals surface area (Å²) in [6.07, 6.45) is 0. The summed E-state index contributed by atoms with van der Waals surface area (Å²) in [7, 11) is 1.50. The Morgan fingerprint density at radius 3 is 2.57 bits per heavy atom. The Hall–Kier alpha value is -2.79. The average Bonchev–Trinajstić information content (AvgIpc) is 3.04. The highest BCUT2D eigenvalue weighted by molar-refractivity contribution is 7.20. The second-order valence-corrected chi connectivity index (χ2v) is 7.78. The molecule has 1 saturated heterocycles. The number of aryl methyl sites for hydroxylation is 1. The first kappa shape index (κ1) is 20.0. The van der Waals surface area contributed by atoms with Gasteiger partial charge in [-0.2, -0.15) is 0 Å². The molecule has 0 unspecified atom stereocenters. The van der Waals surface area contributed by atoms with E-state index in [1.807, 2.05) is 0 Å². The van der Waals surface area contributed by atoms with E-state index in [0.29, 0.717) is 15.8 Å². The third kappa shape index (κ3) is 3.38. The molecule has 1 aliphatic heterocycles. The predicted molar refractivity (Wildman–Crippen MR) is 100 cm³/mol. The number of nitrogens with zero attached hydrogens (tertiary/aromatic N) is 2. The van der Waals surface area contributed by atoms with Gasteiger partial charge in [0.25, 0.3) is 11.5 Å². The number of hydrogen-bond acceptors (Lipinski definition) is 8. The van der Waals surface area contributed by atoms with Crippen molar-refractivity contribution in [2.75, 3.05) is 20.3 Å². The molecule has 2 N–H and O–H groups in total. The highest BCUT2D eigenvalue weighted by atomic mass is 32.1. The molecule has 2 aromatic rings. The van der Waals surface area contributed by atoms with Crippen LogP contribution in [-0.4, -0.2) is 58.6 Å². The number of hydrogen-bond donors (Lipinski definition) is 2. The van der Waals surface area contributed by atoms with Crippen molar-refractivity contribution in [1.29, 1.82) is 0 Å². The number of fused-ring (bicyclic) bond motifs is 1. The number of imide groups is 1. The summed E-state index contributed by atoms with van der Waals surface area (Å²) in [5.74, 6) is -0.755. The number of H-pyrrole nitrogens is 1. The third-order valence-electron chi connectivity index (χ3n) is 4.56. The molecule has 0 spiro atoms. The minimum atomic E-state index is -1.06. The van der Waals surface area contributed by atoms with Crippen molar-refractivity contribution in [3.05, 3.63) is 26.6 Å². The topological polar surface area (TPSA) is 131 Å². The molecule has 1 aliphatic rings. The van der Waals surface area contributed by atoms with Crippen molar-refractivity contribution in [3.63, 3.8) is 0 Å². The number of thiophene rings is 1. The Balaban J connectivity index is 1.93. The van der Waals surface area contributed by atoms with Gasteiger partial charge in [-0.15, -0.1) is 11.3 Å². The summed E-state index contributed by atoms with van der Waals surface area (Å²) < 4.78 is 9.96. The van der Waals surface area contributed by atoms with E-state index in [1.54, 1.807) is 20.8 Å². The van der Waals surface area contributed by atoms with Crippen LogP contribution in [0.5, 0.6) is 0 Å². The maximum absolute atomic E-state index is 12.6. The number of nitrogens with one attached hydrogen (secondary N) is 2. The monoisotopic (exact) mass is 408 g/mol. The number of urea groups is 1. The van der Waals surface area contributed by atoms with E-state index in [1.165, 1.54) is 12.0 Å². The molecular formula is C17H20N4O6S. The van der Waals surface area contributed by atoms with Crippen molar-refractivity contribution < 1.29 is 23.9 Å². The van der Waals surface area contributed by atoms with Crippen molar-refractivity contribution in [3.8, 4) is 0 Å². The van der Waals surface area contributed by atoms with Crippen LogP contribution in [0.25, 0.3) is 10.2 Å². The lowest BCUT2D eigenvalue weighted by Gasteiger charge is -2.27. The summed E-state index contributed by atoms with van der Waals surface area (Å²) in [6, 6.07) is -0.553. The highest BCUT2D eigenvalue weighted by Gasteiger charge is 2.45. The number of ether oxygens (including phenoxy) is 2. The molecule has 28 heavy (non-hydrogen) atoms. The van der Waals surface area contributed by atoms with Crippen molar-refractivity contribution >= 4 is 39.5 Å². The lowest BCUT2D eigenvalue weighted by Crippen LogP contribution is -2.44. The molecule has 150 valence electrons. The summed E-state index contributed by atoms with van der Waals surface area (Å²) in [5.41, 5.74) is -1.00. The number of carbonyl (C=O) groups is 3. The van der Waals surface area contributed by atoms with Gasteiger partial charge in [0.2, 0.25) is 0 Å². The molecule has 2 aromatic heterocycles. The molecule has 3 heterocycles. The van der Waals surface area contributed by atoms with E-state index in [9.17, 15) is 19.2 Å². The number of aromatic amines is 1. The number of amides is 3. The number of carbonyl (C=O) groups excluding carboxylic acids is 3. The Morgan fingerprint density at radius 2 is 1.96 bits per heavy atom. The normalized spacial score (nSPS) is 15.9. The first-order valence-corrected chi connectivity index (χ1v) is 9.30. The maximum Gasteiger partial charge on any atom is 0.348 e. The predicted octanol–water partition coefficient (Wildman–Crippen LogP) is 0.927. The van der Waals surface area contributed by atoms with Crippen LogP contribution in [0.3, 0.4) is 0 Å². The Morgan fingerprint density at radius 1 is 1.25 bits per heavy atom.